The number of pyridine rings is 1. The van der Waals surface area contributed by atoms with E-state index in [0.29, 0.717) is 22.6 Å². The highest BCUT2D eigenvalue weighted by atomic mass is 32.2. The third-order valence-corrected chi connectivity index (χ3v) is 6.56. The maximum Gasteiger partial charge on any atom is 0.337 e. The van der Waals surface area contributed by atoms with Crippen molar-refractivity contribution in [3.05, 3.63) is 83.4 Å². The fourth-order valence-corrected chi connectivity index (χ4v) is 4.68. The number of carboxylic acid groups (broad SMARTS) is 1. The van der Waals surface area contributed by atoms with E-state index in [4.69, 9.17) is 4.74 Å². The minimum absolute atomic E-state index is 0.185. The highest BCUT2D eigenvalue weighted by molar-refractivity contribution is 7.89. The van der Waals surface area contributed by atoms with Crippen LogP contribution in [0.3, 0.4) is 0 Å². The van der Waals surface area contributed by atoms with Crippen LogP contribution in [-0.4, -0.2) is 36.0 Å². The molecule has 4 aromatic rings. The van der Waals surface area contributed by atoms with E-state index in [1.807, 2.05) is 19.2 Å². The first kappa shape index (κ1) is 22.4. The average molecular weight is 469 g/mol. The van der Waals surface area contributed by atoms with Crippen molar-refractivity contribution in [2.24, 2.45) is 0 Å². The van der Waals surface area contributed by atoms with Gasteiger partial charge in [-0.3, -0.25) is 0 Å². The van der Waals surface area contributed by atoms with Gasteiger partial charge in [-0.15, -0.1) is 0 Å². The molecule has 0 aliphatic heterocycles. The minimum atomic E-state index is -4.24. The number of fused-ring (bicyclic) bond motifs is 1. The number of halogens is 1. The van der Waals surface area contributed by atoms with Crippen LogP contribution in [-0.2, 0) is 16.6 Å². The van der Waals surface area contributed by atoms with Crippen molar-refractivity contribution in [1.29, 1.82) is 0 Å². The molecule has 0 spiro atoms. The SMILES string of the molecule is COc1ccc(C(=O)O)c(S(=O)(=O)NCc2c(-c3ccc(F)cc3)nc3ccc(C)cn23)c1. The van der Waals surface area contributed by atoms with Gasteiger partial charge in [-0.1, -0.05) is 6.07 Å². The summed E-state index contributed by atoms with van der Waals surface area (Å²) in [7, 11) is -2.88. The van der Waals surface area contributed by atoms with Gasteiger partial charge in [0.15, 0.2) is 0 Å². The second kappa shape index (κ2) is 8.64. The Morgan fingerprint density at radius 1 is 1.15 bits per heavy atom. The number of aromatic nitrogens is 2. The Labute approximate surface area is 189 Å². The molecule has 8 nitrogen and oxygen atoms in total. The molecule has 0 radical (unpaired) electrons. The first-order valence-corrected chi connectivity index (χ1v) is 11.3. The van der Waals surface area contributed by atoms with Gasteiger partial charge in [0.05, 0.1) is 30.6 Å². The molecule has 0 atom stereocenters. The third kappa shape index (κ3) is 4.43. The fourth-order valence-electron chi connectivity index (χ4n) is 3.48. The molecule has 0 aliphatic carbocycles. The molecule has 2 aromatic carbocycles. The molecule has 4 rings (SSSR count). The van der Waals surface area contributed by atoms with Crippen molar-refractivity contribution in [3.8, 4) is 17.0 Å². The molecule has 0 unspecified atom stereocenters. The Kier molecular flexibility index (Phi) is 5.88. The third-order valence-electron chi connectivity index (χ3n) is 5.12. The number of methoxy groups -OCH3 is 1. The van der Waals surface area contributed by atoms with Crippen molar-refractivity contribution in [2.75, 3.05) is 7.11 Å². The number of carboxylic acids is 1. The summed E-state index contributed by atoms with van der Waals surface area (Å²) in [6, 6.07) is 13.1. The van der Waals surface area contributed by atoms with Gasteiger partial charge in [0.25, 0.3) is 0 Å². The molecule has 2 N–H and O–H groups in total. The second-order valence-electron chi connectivity index (χ2n) is 7.34. The highest BCUT2D eigenvalue weighted by Gasteiger charge is 2.25. The smallest absolute Gasteiger partial charge is 0.337 e. The number of sulfonamides is 1. The zero-order valence-corrected chi connectivity index (χ0v) is 18.6. The topological polar surface area (TPSA) is 110 Å². The van der Waals surface area contributed by atoms with Crippen molar-refractivity contribution in [1.82, 2.24) is 14.1 Å². The molecule has 0 bridgehead atoms. The summed E-state index contributed by atoms with van der Waals surface area (Å²) in [5.41, 5.74) is 2.74. The predicted octanol–water partition coefficient (Wildman–Crippen LogP) is 3.63. The summed E-state index contributed by atoms with van der Waals surface area (Å²) in [6.45, 7) is 1.70. The van der Waals surface area contributed by atoms with Crippen molar-refractivity contribution < 1.29 is 27.4 Å². The molecule has 0 fully saturated rings. The molecule has 0 amide bonds. The standard InChI is InChI=1S/C23H20FN3O5S/c1-14-3-10-21-26-22(15-4-6-16(24)7-5-15)19(27(21)13-14)12-25-33(30,31)20-11-17(32-2)8-9-18(20)23(28)29/h3-11,13,25H,12H2,1-2H3,(H,28,29). The van der Waals surface area contributed by atoms with Crippen LogP contribution in [0.15, 0.2) is 65.7 Å². The summed E-state index contributed by atoms with van der Waals surface area (Å²) in [5.74, 6) is -1.58. The minimum Gasteiger partial charge on any atom is -0.497 e. The predicted molar refractivity (Wildman–Crippen MR) is 119 cm³/mol. The molecule has 0 saturated carbocycles. The number of hydrogen-bond donors (Lipinski definition) is 2. The van der Waals surface area contributed by atoms with Gasteiger partial charge in [0, 0.05) is 17.8 Å². The Morgan fingerprint density at radius 3 is 2.55 bits per heavy atom. The summed E-state index contributed by atoms with van der Waals surface area (Å²) in [4.78, 5) is 15.8. The average Bonchev–Trinajstić information content (AvgIpc) is 3.15. The maximum absolute atomic E-state index is 13.4. The van der Waals surface area contributed by atoms with Gasteiger partial charge in [0.2, 0.25) is 10.0 Å². The Hall–Kier alpha value is -3.76. The number of nitrogens with one attached hydrogen (secondary N) is 1. The lowest BCUT2D eigenvalue weighted by Gasteiger charge is -2.12. The molecule has 2 heterocycles. The summed E-state index contributed by atoms with van der Waals surface area (Å²) < 4.78 is 48.9. The molecule has 10 heteroatoms. The molecular weight excluding hydrogens is 449 g/mol. The number of hydrogen-bond acceptors (Lipinski definition) is 5. The van der Waals surface area contributed by atoms with E-state index in [0.717, 1.165) is 11.6 Å². The number of rotatable bonds is 7. The van der Waals surface area contributed by atoms with Crippen molar-refractivity contribution in [2.45, 2.75) is 18.4 Å². The maximum atomic E-state index is 13.4. The fraction of sp³-hybridized carbons (Fsp3) is 0.130. The molecule has 170 valence electrons. The van der Waals surface area contributed by atoms with Gasteiger partial charge in [-0.05, 0) is 55.0 Å². The number of benzene rings is 2. The lowest BCUT2D eigenvalue weighted by molar-refractivity contribution is 0.0692. The van der Waals surface area contributed by atoms with E-state index >= 15 is 0 Å². The zero-order valence-electron chi connectivity index (χ0n) is 17.7. The van der Waals surface area contributed by atoms with Crippen LogP contribution in [0.2, 0.25) is 0 Å². The van der Waals surface area contributed by atoms with Gasteiger partial charge < -0.3 is 14.2 Å². The monoisotopic (exact) mass is 469 g/mol. The van der Waals surface area contributed by atoms with Crippen LogP contribution in [0.5, 0.6) is 5.75 Å². The van der Waals surface area contributed by atoms with E-state index in [2.05, 4.69) is 9.71 Å². The summed E-state index contributed by atoms with van der Waals surface area (Å²) in [5, 5.41) is 9.45. The first-order chi connectivity index (χ1) is 15.7. The van der Waals surface area contributed by atoms with Crippen LogP contribution in [0.1, 0.15) is 21.6 Å². The largest absolute Gasteiger partial charge is 0.497 e. The number of imidazole rings is 1. The second-order valence-corrected chi connectivity index (χ2v) is 9.08. The summed E-state index contributed by atoms with van der Waals surface area (Å²) >= 11 is 0. The number of aryl methyl sites for hydroxylation is 1. The van der Waals surface area contributed by atoms with E-state index in [1.165, 1.54) is 31.4 Å². The van der Waals surface area contributed by atoms with Crippen LogP contribution < -0.4 is 9.46 Å². The molecule has 2 aromatic heterocycles. The normalized spacial score (nSPS) is 11.6. The lowest BCUT2D eigenvalue weighted by Crippen LogP contribution is -2.26. The van der Waals surface area contributed by atoms with Gasteiger partial charge in [-0.25, -0.2) is 27.3 Å². The van der Waals surface area contributed by atoms with Gasteiger partial charge in [0.1, 0.15) is 22.1 Å². The molecule has 0 aliphatic rings. The number of ether oxygens (including phenoxy) is 1. The van der Waals surface area contributed by atoms with Crippen LogP contribution >= 0.6 is 0 Å². The van der Waals surface area contributed by atoms with E-state index in [1.54, 1.807) is 22.6 Å². The van der Waals surface area contributed by atoms with Gasteiger partial charge >= 0.3 is 5.97 Å². The zero-order chi connectivity index (χ0) is 23.8. The Balaban J connectivity index is 1.78. The van der Waals surface area contributed by atoms with Crippen molar-refractivity contribution in [3.63, 3.8) is 0 Å². The Morgan fingerprint density at radius 2 is 1.88 bits per heavy atom. The Bertz CT molecular complexity index is 1460. The summed E-state index contributed by atoms with van der Waals surface area (Å²) in [6.07, 6.45) is 1.81. The van der Waals surface area contributed by atoms with Crippen LogP contribution in [0.25, 0.3) is 16.9 Å². The van der Waals surface area contributed by atoms with E-state index in [-0.39, 0.29) is 17.9 Å². The first-order valence-electron chi connectivity index (χ1n) is 9.84. The number of nitrogens with zero attached hydrogens (tertiary/aromatic N) is 2. The molecule has 33 heavy (non-hydrogen) atoms. The quantitative estimate of drug-likeness (QED) is 0.428. The number of aromatic carboxylic acids is 1. The van der Waals surface area contributed by atoms with Crippen LogP contribution in [0.4, 0.5) is 4.39 Å². The number of carbonyl (C=O) groups is 1. The molecule has 0 saturated heterocycles. The van der Waals surface area contributed by atoms with Gasteiger partial charge in [-0.2, -0.15) is 0 Å². The van der Waals surface area contributed by atoms with Crippen LogP contribution in [0, 0.1) is 12.7 Å². The molecular formula is C23H20FN3O5S. The van der Waals surface area contributed by atoms with E-state index < -0.39 is 26.7 Å². The highest BCUT2D eigenvalue weighted by Crippen LogP contribution is 2.27. The lowest BCUT2D eigenvalue weighted by atomic mass is 10.1. The van der Waals surface area contributed by atoms with Crippen molar-refractivity contribution >= 4 is 21.6 Å². The van der Waals surface area contributed by atoms with E-state index in [9.17, 15) is 22.7 Å².